The summed E-state index contributed by atoms with van der Waals surface area (Å²) in [5.74, 6) is -0.449. The van der Waals surface area contributed by atoms with Crippen molar-refractivity contribution < 1.29 is 13.9 Å². The molecule has 5 nitrogen and oxygen atoms in total. The number of nitrogens with zero attached hydrogens (tertiary/aromatic N) is 3. The minimum atomic E-state index is -0.423. The Bertz CT molecular complexity index is 1230. The molecule has 0 spiro atoms. The highest BCUT2D eigenvalue weighted by atomic mass is 35.5. The maximum Gasteiger partial charge on any atom is 0.338 e. The van der Waals surface area contributed by atoms with Crippen molar-refractivity contribution in [1.29, 1.82) is 0 Å². The predicted molar refractivity (Wildman–Crippen MR) is 120 cm³/mol. The number of benzene rings is 2. The summed E-state index contributed by atoms with van der Waals surface area (Å²) in [5, 5.41) is 0.792. The van der Waals surface area contributed by atoms with Gasteiger partial charge in [0.05, 0.1) is 40.5 Å². The van der Waals surface area contributed by atoms with Crippen LogP contribution in [0.4, 0.5) is 4.39 Å². The molecule has 4 aromatic rings. The van der Waals surface area contributed by atoms with E-state index in [0.717, 1.165) is 11.2 Å². The van der Waals surface area contributed by atoms with Crippen LogP contribution in [0.5, 0.6) is 0 Å². The summed E-state index contributed by atoms with van der Waals surface area (Å²) in [4.78, 5) is 21.2. The Kier molecular flexibility index (Phi) is 6.53. The molecule has 0 saturated carbocycles. The number of fused-ring (bicyclic) bond motifs is 1. The Morgan fingerprint density at radius 1 is 1.19 bits per heavy atom. The second kappa shape index (κ2) is 9.49. The van der Waals surface area contributed by atoms with Crippen molar-refractivity contribution in [3.05, 3.63) is 88.5 Å². The van der Waals surface area contributed by atoms with E-state index in [1.807, 2.05) is 28.8 Å². The van der Waals surface area contributed by atoms with Crippen molar-refractivity contribution in [3.8, 4) is 0 Å². The molecule has 2 aromatic carbocycles. The first kappa shape index (κ1) is 21.3. The molecule has 0 radical (unpaired) electrons. The summed E-state index contributed by atoms with van der Waals surface area (Å²) in [7, 11) is 0. The number of halogens is 2. The third kappa shape index (κ3) is 4.73. The number of aromatic nitrogens is 3. The van der Waals surface area contributed by atoms with Crippen molar-refractivity contribution in [1.82, 2.24) is 14.5 Å². The Morgan fingerprint density at radius 3 is 2.84 bits per heavy atom. The molecule has 0 N–H and O–H groups in total. The number of esters is 1. The Balaban J connectivity index is 1.71. The summed E-state index contributed by atoms with van der Waals surface area (Å²) < 4.78 is 21.4. The van der Waals surface area contributed by atoms with Gasteiger partial charge in [-0.15, -0.1) is 0 Å². The van der Waals surface area contributed by atoms with Gasteiger partial charge >= 0.3 is 5.97 Å². The summed E-state index contributed by atoms with van der Waals surface area (Å²) in [6, 6.07) is 16.0. The summed E-state index contributed by atoms with van der Waals surface area (Å²) >= 11 is 7.32. The molecule has 4 rings (SSSR count). The molecule has 0 saturated heterocycles. The first-order chi connectivity index (χ1) is 15.1. The maximum atomic E-state index is 14.3. The SMILES string of the molecule is CCOC(=O)c1ccc2c(c1)nc(SCc1cccc(Cl)c1F)n2Cc1ccccn1. The number of thioether (sulfide) groups is 1. The van der Waals surface area contributed by atoms with E-state index in [2.05, 4.69) is 4.98 Å². The average Bonchev–Trinajstić information content (AvgIpc) is 3.12. The zero-order valence-electron chi connectivity index (χ0n) is 16.7. The fourth-order valence-corrected chi connectivity index (χ4v) is 4.35. The standard InChI is InChI=1S/C23H19ClFN3O2S/c1-2-30-22(29)15-9-10-20-19(12-15)27-23(28(20)13-17-7-3-4-11-26-17)31-14-16-6-5-8-18(24)21(16)25/h3-12H,2,13-14H2,1H3. The van der Waals surface area contributed by atoms with Gasteiger partial charge in [-0.3, -0.25) is 4.98 Å². The smallest absolute Gasteiger partial charge is 0.338 e. The van der Waals surface area contributed by atoms with Crippen LogP contribution in [0.15, 0.2) is 66.0 Å². The Hall–Kier alpha value is -2.90. The number of carbonyl (C=O) groups is 1. The minimum Gasteiger partial charge on any atom is -0.462 e. The van der Waals surface area contributed by atoms with Gasteiger partial charge in [0.25, 0.3) is 0 Å². The topological polar surface area (TPSA) is 57.0 Å². The van der Waals surface area contributed by atoms with Gasteiger partial charge < -0.3 is 9.30 Å². The minimum absolute atomic E-state index is 0.0965. The highest BCUT2D eigenvalue weighted by Gasteiger charge is 2.16. The average molecular weight is 456 g/mol. The third-order valence-electron chi connectivity index (χ3n) is 4.66. The molecule has 0 atom stereocenters. The highest BCUT2D eigenvalue weighted by molar-refractivity contribution is 7.98. The van der Waals surface area contributed by atoms with E-state index in [9.17, 15) is 9.18 Å². The van der Waals surface area contributed by atoms with Crippen molar-refractivity contribution in [2.24, 2.45) is 0 Å². The second-order valence-electron chi connectivity index (χ2n) is 6.73. The molecule has 8 heteroatoms. The van der Waals surface area contributed by atoms with Gasteiger partial charge in [-0.2, -0.15) is 0 Å². The number of hydrogen-bond acceptors (Lipinski definition) is 5. The molecule has 2 heterocycles. The predicted octanol–water partition coefficient (Wildman–Crippen LogP) is 5.74. The normalized spacial score (nSPS) is 11.1. The van der Waals surface area contributed by atoms with E-state index in [1.54, 1.807) is 37.4 Å². The van der Waals surface area contributed by atoms with Crippen molar-refractivity contribution >= 4 is 40.4 Å². The van der Waals surface area contributed by atoms with Crippen LogP contribution in [0.3, 0.4) is 0 Å². The number of imidazole rings is 1. The van der Waals surface area contributed by atoms with Gasteiger partial charge in [-0.05, 0) is 48.9 Å². The monoisotopic (exact) mass is 455 g/mol. The molecule has 0 aliphatic rings. The van der Waals surface area contributed by atoms with Crippen LogP contribution in [0.2, 0.25) is 5.02 Å². The van der Waals surface area contributed by atoms with Crippen molar-refractivity contribution in [2.45, 2.75) is 24.4 Å². The van der Waals surface area contributed by atoms with Crippen LogP contribution in [0.1, 0.15) is 28.5 Å². The van der Waals surface area contributed by atoms with Crippen LogP contribution in [0, 0.1) is 5.82 Å². The van der Waals surface area contributed by atoms with Gasteiger partial charge in [-0.25, -0.2) is 14.2 Å². The molecule has 0 bridgehead atoms. The molecule has 0 fully saturated rings. The lowest BCUT2D eigenvalue weighted by atomic mass is 10.2. The summed E-state index contributed by atoms with van der Waals surface area (Å²) in [6.07, 6.45) is 1.74. The largest absolute Gasteiger partial charge is 0.462 e. The van der Waals surface area contributed by atoms with Gasteiger partial charge in [0.15, 0.2) is 5.16 Å². The van der Waals surface area contributed by atoms with E-state index in [1.165, 1.54) is 17.8 Å². The van der Waals surface area contributed by atoms with Crippen LogP contribution in [-0.2, 0) is 17.0 Å². The molecule has 0 aliphatic heterocycles. The lowest BCUT2D eigenvalue weighted by Gasteiger charge is -2.09. The van der Waals surface area contributed by atoms with Gasteiger partial charge in [0.1, 0.15) is 5.82 Å². The van der Waals surface area contributed by atoms with Crippen LogP contribution < -0.4 is 0 Å². The molecule has 2 aromatic heterocycles. The molecular weight excluding hydrogens is 437 g/mol. The van der Waals surface area contributed by atoms with Gasteiger partial charge in [-0.1, -0.05) is 41.6 Å². The Labute approximate surface area is 188 Å². The lowest BCUT2D eigenvalue weighted by molar-refractivity contribution is 0.0526. The first-order valence-electron chi connectivity index (χ1n) is 9.70. The van der Waals surface area contributed by atoms with E-state index >= 15 is 0 Å². The number of ether oxygens (including phenoxy) is 1. The molecule has 31 heavy (non-hydrogen) atoms. The van der Waals surface area contributed by atoms with Crippen LogP contribution in [-0.4, -0.2) is 27.1 Å². The Morgan fingerprint density at radius 2 is 2.06 bits per heavy atom. The van der Waals surface area contributed by atoms with E-state index in [4.69, 9.17) is 21.3 Å². The fourth-order valence-electron chi connectivity index (χ4n) is 3.17. The van der Waals surface area contributed by atoms with Crippen LogP contribution >= 0.6 is 23.4 Å². The fraction of sp³-hybridized carbons (Fsp3) is 0.174. The number of hydrogen-bond donors (Lipinski definition) is 0. The van der Waals surface area contributed by atoms with E-state index in [-0.39, 0.29) is 11.0 Å². The molecule has 0 amide bonds. The maximum absolute atomic E-state index is 14.3. The zero-order chi connectivity index (χ0) is 21.8. The zero-order valence-corrected chi connectivity index (χ0v) is 18.3. The number of carbonyl (C=O) groups excluding carboxylic acids is 1. The van der Waals surface area contributed by atoms with Crippen molar-refractivity contribution in [3.63, 3.8) is 0 Å². The first-order valence-corrected chi connectivity index (χ1v) is 11.1. The number of rotatable bonds is 7. The molecular formula is C23H19ClFN3O2S. The van der Waals surface area contributed by atoms with Gasteiger partial charge in [0, 0.05) is 11.9 Å². The second-order valence-corrected chi connectivity index (χ2v) is 8.08. The van der Waals surface area contributed by atoms with E-state index in [0.29, 0.717) is 40.7 Å². The quantitative estimate of drug-likeness (QED) is 0.262. The number of pyridine rings is 1. The highest BCUT2D eigenvalue weighted by Crippen LogP contribution is 2.30. The van der Waals surface area contributed by atoms with E-state index < -0.39 is 5.82 Å². The lowest BCUT2D eigenvalue weighted by Crippen LogP contribution is -2.05. The van der Waals surface area contributed by atoms with Gasteiger partial charge in [0.2, 0.25) is 0 Å². The molecule has 0 unspecified atom stereocenters. The molecule has 0 aliphatic carbocycles. The molecule has 158 valence electrons. The summed E-state index contributed by atoms with van der Waals surface area (Å²) in [6.45, 7) is 2.56. The van der Waals surface area contributed by atoms with Crippen molar-refractivity contribution in [2.75, 3.05) is 6.61 Å². The summed E-state index contributed by atoms with van der Waals surface area (Å²) in [5.41, 5.74) is 3.32. The van der Waals surface area contributed by atoms with Crippen LogP contribution in [0.25, 0.3) is 11.0 Å². The third-order valence-corrected chi connectivity index (χ3v) is 5.98.